The lowest BCUT2D eigenvalue weighted by molar-refractivity contribution is -0.274. The van der Waals surface area contributed by atoms with Crippen LogP contribution in [0.3, 0.4) is 0 Å². The highest BCUT2D eigenvalue weighted by Crippen LogP contribution is 2.29. The Morgan fingerprint density at radius 2 is 2.00 bits per heavy atom. The van der Waals surface area contributed by atoms with Gasteiger partial charge in [-0.2, -0.15) is 5.10 Å². The highest BCUT2D eigenvalue weighted by atomic mass is 32.1. The van der Waals surface area contributed by atoms with Gasteiger partial charge in [-0.05, 0) is 50.3 Å². The fraction of sp³-hybridized carbons (Fsp3) is 0.381. The molecule has 14 heteroatoms. The van der Waals surface area contributed by atoms with Gasteiger partial charge in [0, 0.05) is 25.3 Å². The summed E-state index contributed by atoms with van der Waals surface area (Å²) in [7, 11) is 3.30. The van der Waals surface area contributed by atoms with E-state index in [1.165, 1.54) is 29.5 Å². The molecule has 1 amide bonds. The first-order valence-electron chi connectivity index (χ1n) is 10.6. The molecular formula is C21H23F3N8O2S. The van der Waals surface area contributed by atoms with Gasteiger partial charge in [-0.1, -0.05) is 23.5 Å². The summed E-state index contributed by atoms with van der Waals surface area (Å²) < 4.78 is 41.8. The van der Waals surface area contributed by atoms with Crippen LogP contribution in [0.4, 0.5) is 29.3 Å². The van der Waals surface area contributed by atoms with E-state index < -0.39 is 24.1 Å². The third-order valence-electron chi connectivity index (χ3n) is 5.23. The second kappa shape index (κ2) is 10.4. The van der Waals surface area contributed by atoms with Crippen molar-refractivity contribution in [3.63, 3.8) is 0 Å². The third kappa shape index (κ3) is 6.54. The highest BCUT2D eigenvalue weighted by Gasteiger charge is 2.32. The molecule has 1 aliphatic rings. The van der Waals surface area contributed by atoms with E-state index in [4.69, 9.17) is 0 Å². The molecule has 186 valence electrons. The Kier molecular flexibility index (Phi) is 7.31. The molecule has 35 heavy (non-hydrogen) atoms. The van der Waals surface area contributed by atoms with Crippen LogP contribution in [-0.2, 0) is 4.79 Å². The minimum absolute atomic E-state index is 0.124. The van der Waals surface area contributed by atoms with Crippen LogP contribution in [0.25, 0.3) is 0 Å². The molecule has 1 aromatic carbocycles. The number of carbonyl (C=O) groups excluding carboxylic acids is 1. The van der Waals surface area contributed by atoms with Crippen LogP contribution in [0, 0.1) is 0 Å². The number of nitrogens with one attached hydrogen (secondary N) is 2. The van der Waals surface area contributed by atoms with E-state index >= 15 is 0 Å². The van der Waals surface area contributed by atoms with Crippen molar-refractivity contribution in [1.82, 2.24) is 25.3 Å². The molecule has 1 saturated heterocycles. The van der Waals surface area contributed by atoms with Gasteiger partial charge >= 0.3 is 6.36 Å². The van der Waals surface area contributed by atoms with Crippen molar-refractivity contribution in [2.45, 2.75) is 24.9 Å². The number of halogens is 3. The maximum absolute atomic E-state index is 13.0. The molecule has 2 aromatic heterocycles. The first kappa shape index (κ1) is 24.6. The Bertz CT molecular complexity index is 1140. The zero-order valence-electron chi connectivity index (χ0n) is 18.9. The van der Waals surface area contributed by atoms with Crippen molar-refractivity contribution < 1.29 is 22.7 Å². The van der Waals surface area contributed by atoms with Gasteiger partial charge in [-0.25, -0.2) is 0 Å². The van der Waals surface area contributed by atoms with Crippen molar-refractivity contribution in [3.8, 4) is 5.75 Å². The van der Waals surface area contributed by atoms with E-state index in [-0.39, 0.29) is 11.2 Å². The SMILES string of the molecule is CN(C)C(C(=O)Nc1nnc(N[C@@H]2CCN(c3cccnn3)C2)s1)c1cccc(OC(F)(F)F)c1. The molecule has 3 heterocycles. The predicted octanol–water partition coefficient (Wildman–Crippen LogP) is 3.16. The molecule has 2 N–H and O–H groups in total. The summed E-state index contributed by atoms with van der Waals surface area (Å²) in [6.07, 6.45) is -2.33. The van der Waals surface area contributed by atoms with Gasteiger partial charge in [0.05, 0.1) is 0 Å². The number of ether oxygens (including phenoxy) is 1. The standard InChI is InChI=1S/C21H23F3N8O2S/c1-31(2)17(13-5-3-6-15(11-13)34-21(22,23)24)18(33)27-20-30-29-19(35-20)26-14-8-10-32(12-14)16-7-4-9-25-28-16/h3-7,9,11,14,17H,8,10,12H2,1-2H3,(H,26,29)(H,27,30,33)/t14-,17?/m1/s1. The Morgan fingerprint density at radius 1 is 1.20 bits per heavy atom. The monoisotopic (exact) mass is 508 g/mol. The van der Waals surface area contributed by atoms with Gasteiger partial charge in [0.15, 0.2) is 5.82 Å². The predicted molar refractivity (Wildman–Crippen MR) is 124 cm³/mol. The van der Waals surface area contributed by atoms with Crippen molar-refractivity contribution in [1.29, 1.82) is 0 Å². The molecular weight excluding hydrogens is 485 g/mol. The molecule has 4 rings (SSSR count). The fourth-order valence-corrected chi connectivity index (χ4v) is 4.52. The minimum Gasteiger partial charge on any atom is -0.406 e. The number of nitrogens with zero attached hydrogens (tertiary/aromatic N) is 6. The molecule has 0 spiro atoms. The summed E-state index contributed by atoms with van der Waals surface area (Å²) in [5, 5.41) is 23.0. The van der Waals surface area contributed by atoms with E-state index in [0.717, 1.165) is 25.3 Å². The number of aromatic nitrogens is 4. The number of amides is 1. The van der Waals surface area contributed by atoms with E-state index in [0.29, 0.717) is 10.7 Å². The zero-order chi connectivity index (χ0) is 25.0. The normalized spacial score (nSPS) is 16.9. The maximum Gasteiger partial charge on any atom is 0.573 e. The third-order valence-corrected chi connectivity index (χ3v) is 6.00. The number of hydrogen-bond acceptors (Lipinski definition) is 10. The summed E-state index contributed by atoms with van der Waals surface area (Å²) in [4.78, 5) is 16.7. The topological polar surface area (TPSA) is 108 Å². The average Bonchev–Trinajstić information content (AvgIpc) is 3.43. The summed E-state index contributed by atoms with van der Waals surface area (Å²) >= 11 is 1.18. The first-order valence-corrected chi connectivity index (χ1v) is 11.5. The molecule has 0 radical (unpaired) electrons. The van der Waals surface area contributed by atoms with E-state index in [9.17, 15) is 18.0 Å². The van der Waals surface area contributed by atoms with Crippen molar-refractivity contribution in [2.75, 3.05) is 42.7 Å². The smallest absolute Gasteiger partial charge is 0.406 e. The molecule has 1 aliphatic heterocycles. The lowest BCUT2D eigenvalue weighted by Gasteiger charge is -2.23. The van der Waals surface area contributed by atoms with Crippen LogP contribution in [0.2, 0.25) is 0 Å². The number of benzene rings is 1. The first-order chi connectivity index (χ1) is 16.7. The largest absolute Gasteiger partial charge is 0.573 e. The van der Waals surface area contributed by atoms with Gasteiger partial charge in [0.2, 0.25) is 16.2 Å². The zero-order valence-corrected chi connectivity index (χ0v) is 19.7. The van der Waals surface area contributed by atoms with Gasteiger partial charge in [-0.15, -0.1) is 28.5 Å². The molecule has 0 saturated carbocycles. The Labute approximate surface area is 203 Å². The van der Waals surface area contributed by atoms with E-state index in [2.05, 4.69) is 40.7 Å². The minimum atomic E-state index is -4.82. The Balaban J connectivity index is 1.38. The second-order valence-electron chi connectivity index (χ2n) is 8.05. The molecule has 2 atom stereocenters. The number of hydrogen-bond donors (Lipinski definition) is 2. The summed E-state index contributed by atoms with van der Waals surface area (Å²) in [6, 6.07) is 8.32. The van der Waals surface area contributed by atoms with Crippen LogP contribution >= 0.6 is 11.3 Å². The van der Waals surface area contributed by atoms with Gasteiger partial charge in [0.1, 0.15) is 11.8 Å². The van der Waals surface area contributed by atoms with Crippen LogP contribution in [0.5, 0.6) is 5.75 Å². The van der Waals surface area contributed by atoms with Crippen molar-refractivity contribution >= 4 is 33.3 Å². The quantitative estimate of drug-likeness (QED) is 0.474. The lowest BCUT2D eigenvalue weighted by Crippen LogP contribution is -2.32. The number of rotatable bonds is 8. The van der Waals surface area contributed by atoms with Gasteiger partial charge in [-0.3, -0.25) is 15.0 Å². The van der Waals surface area contributed by atoms with E-state index in [1.807, 2.05) is 12.1 Å². The molecule has 3 aromatic rings. The van der Waals surface area contributed by atoms with E-state index in [1.54, 1.807) is 31.3 Å². The van der Waals surface area contributed by atoms with Gasteiger partial charge < -0.3 is 15.0 Å². The Hall–Kier alpha value is -3.52. The van der Waals surface area contributed by atoms with Crippen molar-refractivity contribution in [3.05, 3.63) is 48.2 Å². The highest BCUT2D eigenvalue weighted by molar-refractivity contribution is 7.19. The summed E-state index contributed by atoms with van der Waals surface area (Å²) in [5.41, 5.74) is 0.340. The van der Waals surface area contributed by atoms with Crippen LogP contribution in [0.15, 0.2) is 42.6 Å². The number of likely N-dealkylation sites (N-methyl/N-ethyl adjacent to an activating group) is 1. The summed E-state index contributed by atoms with van der Waals surface area (Å²) in [6.45, 7) is 1.54. The number of alkyl halides is 3. The number of carbonyl (C=O) groups is 1. The van der Waals surface area contributed by atoms with Gasteiger partial charge in [0.25, 0.3) is 0 Å². The molecule has 0 bridgehead atoms. The fourth-order valence-electron chi connectivity index (χ4n) is 3.79. The summed E-state index contributed by atoms with van der Waals surface area (Å²) in [5.74, 6) is -0.0536. The lowest BCUT2D eigenvalue weighted by atomic mass is 10.0. The average molecular weight is 509 g/mol. The Morgan fingerprint density at radius 3 is 2.71 bits per heavy atom. The molecule has 10 nitrogen and oxygen atoms in total. The van der Waals surface area contributed by atoms with Crippen LogP contribution < -0.4 is 20.3 Å². The van der Waals surface area contributed by atoms with Crippen LogP contribution in [-0.4, -0.2) is 70.8 Å². The molecule has 0 aliphatic carbocycles. The maximum atomic E-state index is 13.0. The second-order valence-corrected chi connectivity index (χ2v) is 9.02. The number of anilines is 3. The molecule has 1 fully saturated rings. The van der Waals surface area contributed by atoms with Crippen molar-refractivity contribution in [2.24, 2.45) is 0 Å². The van der Waals surface area contributed by atoms with Crippen LogP contribution in [0.1, 0.15) is 18.0 Å². The molecule has 1 unspecified atom stereocenters.